The van der Waals surface area contributed by atoms with Gasteiger partial charge in [0.1, 0.15) is 0 Å². The van der Waals surface area contributed by atoms with Crippen molar-refractivity contribution in [2.24, 2.45) is 11.7 Å². The van der Waals surface area contributed by atoms with Crippen molar-refractivity contribution in [3.63, 3.8) is 0 Å². The SMILES string of the molecule is Cl.N[C@H](c1cccnc1F)C1CC1. The molecule has 72 valence electrons. The lowest BCUT2D eigenvalue weighted by Gasteiger charge is -2.09. The highest BCUT2D eigenvalue weighted by Crippen LogP contribution is 2.39. The number of nitrogens with zero attached hydrogens (tertiary/aromatic N) is 1. The van der Waals surface area contributed by atoms with Crippen LogP contribution in [0.1, 0.15) is 24.4 Å². The van der Waals surface area contributed by atoms with Crippen molar-refractivity contribution in [1.29, 1.82) is 0 Å². The molecule has 4 heteroatoms. The summed E-state index contributed by atoms with van der Waals surface area (Å²) in [6.45, 7) is 0. The highest BCUT2D eigenvalue weighted by Gasteiger charge is 2.31. The molecule has 1 heterocycles. The van der Waals surface area contributed by atoms with Crippen molar-refractivity contribution in [2.45, 2.75) is 18.9 Å². The maximum absolute atomic E-state index is 13.0. The van der Waals surface area contributed by atoms with Gasteiger partial charge in [0.25, 0.3) is 0 Å². The quantitative estimate of drug-likeness (QED) is 0.746. The van der Waals surface area contributed by atoms with Gasteiger partial charge in [-0.25, -0.2) is 4.98 Å². The van der Waals surface area contributed by atoms with Crippen LogP contribution in [0.2, 0.25) is 0 Å². The molecule has 1 aliphatic rings. The van der Waals surface area contributed by atoms with Crippen LogP contribution in [0.5, 0.6) is 0 Å². The van der Waals surface area contributed by atoms with Crippen LogP contribution in [-0.2, 0) is 0 Å². The highest BCUT2D eigenvalue weighted by molar-refractivity contribution is 5.85. The van der Waals surface area contributed by atoms with E-state index in [-0.39, 0.29) is 18.4 Å². The molecule has 1 aromatic rings. The molecule has 0 spiro atoms. The molecule has 2 nitrogen and oxygen atoms in total. The number of nitrogens with two attached hydrogens (primary N) is 1. The molecule has 0 aromatic carbocycles. The Bertz CT molecular complexity index is 289. The Morgan fingerprint density at radius 1 is 1.54 bits per heavy atom. The maximum atomic E-state index is 13.0. The van der Waals surface area contributed by atoms with Crippen LogP contribution >= 0.6 is 12.4 Å². The molecule has 0 aliphatic heterocycles. The Kier molecular flexibility index (Phi) is 3.22. The van der Waals surface area contributed by atoms with Crippen molar-refractivity contribution in [2.75, 3.05) is 0 Å². The Labute approximate surface area is 82.8 Å². The van der Waals surface area contributed by atoms with Crippen LogP contribution in [0, 0.1) is 11.9 Å². The largest absolute Gasteiger partial charge is 0.324 e. The number of hydrogen-bond acceptors (Lipinski definition) is 2. The minimum atomic E-state index is -0.420. The summed E-state index contributed by atoms with van der Waals surface area (Å²) in [7, 11) is 0. The second-order valence-electron chi connectivity index (χ2n) is 3.25. The number of hydrogen-bond donors (Lipinski definition) is 1. The molecule has 1 aliphatic carbocycles. The van der Waals surface area contributed by atoms with Crippen molar-refractivity contribution in [3.05, 3.63) is 29.8 Å². The zero-order valence-corrected chi connectivity index (χ0v) is 7.93. The van der Waals surface area contributed by atoms with E-state index in [9.17, 15) is 4.39 Å². The van der Waals surface area contributed by atoms with Crippen LogP contribution < -0.4 is 5.73 Å². The minimum Gasteiger partial charge on any atom is -0.324 e. The van der Waals surface area contributed by atoms with Crippen LogP contribution in [0.4, 0.5) is 4.39 Å². The molecule has 1 saturated carbocycles. The molecule has 13 heavy (non-hydrogen) atoms. The third kappa shape index (κ3) is 2.17. The monoisotopic (exact) mass is 202 g/mol. The van der Waals surface area contributed by atoms with Crippen molar-refractivity contribution < 1.29 is 4.39 Å². The molecule has 1 fully saturated rings. The average molecular weight is 203 g/mol. The summed E-state index contributed by atoms with van der Waals surface area (Å²) in [5, 5.41) is 0. The normalized spacial score (nSPS) is 17.7. The first kappa shape index (κ1) is 10.4. The summed E-state index contributed by atoms with van der Waals surface area (Å²) >= 11 is 0. The van der Waals surface area contributed by atoms with E-state index in [2.05, 4.69) is 4.98 Å². The summed E-state index contributed by atoms with van der Waals surface area (Å²) < 4.78 is 13.0. The fourth-order valence-electron chi connectivity index (χ4n) is 1.36. The topological polar surface area (TPSA) is 38.9 Å². The molecule has 2 rings (SSSR count). The summed E-state index contributed by atoms with van der Waals surface area (Å²) in [6.07, 6.45) is 3.68. The van der Waals surface area contributed by atoms with Gasteiger partial charge < -0.3 is 5.73 Å². The Morgan fingerprint density at radius 3 is 2.77 bits per heavy atom. The van der Waals surface area contributed by atoms with E-state index in [4.69, 9.17) is 5.73 Å². The third-order valence-corrected chi connectivity index (χ3v) is 2.28. The molecular weight excluding hydrogens is 191 g/mol. The van der Waals surface area contributed by atoms with Gasteiger partial charge in [-0.15, -0.1) is 12.4 Å². The molecule has 0 saturated heterocycles. The highest BCUT2D eigenvalue weighted by atomic mass is 35.5. The smallest absolute Gasteiger partial charge is 0.217 e. The molecule has 0 amide bonds. The third-order valence-electron chi connectivity index (χ3n) is 2.28. The fourth-order valence-corrected chi connectivity index (χ4v) is 1.36. The van der Waals surface area contributed by atoms with Gasteiger partial charge in [0, 0.05) is 17.8 Å². The zero-order valence-electron chi connectivity index (χ0n) is 7.11. The van der Waals surface area contributed by atoms with E-state index in [0.717, 1.165) is 12.8 Å². The van der Waals surface area contributed by atoms with Gasteiger partial charge in [0.05, 0.1) is 0 Å². The summed E-state index contributed by atoms with van der Waals surface area (Å²) in [6, 6.07) is 3.28. The van der Waals surface area contributed by atoms with E-state index in [1.165, 1.54) is 6.20 Å². The number of pyridine rings is 1. The molecule has 0 bridgehead atoms. The summed E-state index contributed by atoms with van der Waals surface area (Å²) in [4.78, 5) is 3.56. The molecule has 1 atom stereocenters. The Morgan fingerprint density at radius 2 is 2.23 bits per heavy atom. The van der Waals surface area contributed by atoms with Gasteiger partial charge in [-0.3, -0.25) is 0 Å². The molecule has 2 N–H and O–H groups in total. The van der Waals surface area contributed by atoms with Gasteiger partial charge in [0.15, 0.2) is 0 Å². The standard InChI is InChI=1S/C9H11FN2.ClH/c10-9-7(2-1-5-12-9)8(11)6-3-4-6;/h1-2,5-6,8H,3-4,11H2;1H/t8-;/m0./s1. The van der Waals surface area contributed by atoms with Crippen LogP contribution in [0.15, 0.2) is 18.3 Å². The lowest BCUT2D eigenvalue weighted by Crippen LogP contribution is -2.14. The number of aromatic nitrogens is 1. The average Bonchev–Trinajstić information content (AvgIpc) is 2.86. The van der Waals surface area contributed by atoms with Crippen molar-refractivity contribution in [1.82, 2.24) is 4.98 Å². The number of rotatable bonds is 2. The van der Waals surface area contributed by atoms with Crippen LogP contribution in [-0.4, -0.2) is 4.98 Å². The van der Waals surface area contributed by atoms with E-state index in [0.29, 0.717) is 11.5 Å². The first-order valence-electron chi connectivity index (χ1n) is 4.15. The lowest BCUT2D eigenvalue weighted by molar-refractivity contribution is 0.524. The first-order chi connectivity index (χ1) is 5.79. The Balaban J connectivity index is 0.000000845. The molecular formula is C9H12ClFN2. The fraction of sp³-hybridized carbons (Fsp3) is 0.444. The number of halogens is 2. The van der Waals surface area contributed by atoms with Crippen LogP contribution in [0.3, 0.4) is 0 Å². The maximum Gasteiger partial charge on any atom is 0.217 e. The molecule has 1 aromatic heterocycles. The van der Waals surface area contributed by atoms with Crippen molar-refractivity contribution in [3.8, 4) is 0 Å². The van der Waals surface area contributed by atoms with Gasteiger partial charge in [0.2, 0.25) is 5.95 Å². The molecule has 0 unspecified atom stereocenters. The summed E-state index contributed by atoms with van der Waals surface area (Å²) in [5.41, 5.74) is 6.38. The van der Waals surface area contributed by atoms with E-state index in [1.807, 2.05) is 0 Å². The minimum absolute atomic E-state index is 0. The van der Waals surface area contributed by atoms with Crippen molar-refractivity contribution >= 4 is 12.4 Å². The predicted molar refractivity (Wildman–Crippen MR) is 51.1 cm³/mol. The van der Waals surface area contributed by atoms with Gasteiger partial charge >= 0.3 is 0 Å². The van der Waals surface area contributed by atoms with Crippen LogP contribution in [0.25, 0.3) is 0 Å². The molecule has 0 radical (unpaired) electrons. The predicted octanol–water partition coefficient (Wildman–Crippen LogP) is 2.05. The van der Waals surface area contributed by atoms with Gasteiger partial charge in [-0.05, 0) is 24.8 Å². The summed E-state index contributed by atoms with van der Waals surface area (Å²) in [5.74, 6) is 0.0561. The second-order valence-corrected chi connectivity index (χ2v) is 3.25. The Hall–Kier alpha value is -0.670. The van der Waals surface area contributed by atoms with E-state index in [1.54, 1.807) is 12.1 Å². The van der Waals surface area contributed by atoms with E-state index >= 15 is 0 Å². The second kappa shape index (κ2) is 4.03. The van der Waals surface area contributed by atoms with Gasteiger partial charge in [-0.2, -0.15) is 4.39 Å². The van der Waals surface area contributed by atoms with E-state index < -0.39 is 5.95 Å². The zero-order chi connectivity index (χ0) is 8.55. The lowest BCUT2D eigenvalue weighted by atomic mass is 10.1. The first-order valence-corrected chi connectivity index (χ1v) is 4.15. The van der Waals surface area contributed by atoms with Gasteiger partial charge in [-0.1, -0.05) is 6.07 Å².